The highest BCUT2D eigenvalue weighted by Gasteiger charge is 2.04. The van der Waals surface area contributed by atoms with Crippen LogP contribution in [0.5, 0.6) is 5.75 Å². The van der Waals surface area contributed by atoms with E-state index in [1.165, 1.54) is 0 Å². The Balaban J connectivity index is 1.69. The van der Waals surface area contributed by atoms with E-state index in [9.17, 15) is 4.79 Å². The van der Waals surface area contributed by atoms with Crippen LogP contribution in [-0.4, -0.2) is 34.1 Å². The zero-order valence-corrected chi connectivity index (χ0v) is 10.3. The molecule has 3 N–H and O–H groups in total. The maximum atomic E-state index is 11.5. The molecule has 0 atom stereocenters. The Morgan fingerprint density at radius 1 is 1.42 bits per heavy atom. The van der Waals surface area contributed by atoms with Gasteiger partial charge in [0.05, 0.1) is 18.4 Å². The van der Waals surface area contributed by atoms with E-state index in [0.29, 0.717) is 24.5 Å². The zero-order valence-electron chi connectivity index (χ0n) is 10.3. The van der Waals surface area contributed by atoms with Crippen molar-refractivity contribution in [2.24, 2.45) is 0 Å². The molecule has 19 heavy (non-hydrogen) atoms. The third-order valence-electron chi connectivity index (χ3n) is 2.41. The van der Waals surface area contributed by atoms with E-state index in [2.05, 4.69) is 15.6 Å². The van der Waals surface area contributed by atoms with E-state index in [1.54, 1.807) is 41.3 Å². The fourth-order valence-corrected chi connectivity index (χ4v) is 1.47. The molecule has 0 saturated carbocycles. The molecule has 7 heteroatoms. The van der Waals surface area contributed by atoms with Crippen LogP contribution in [0.1, 0.15) is 0 Å². The van der Waals surface area contributed by atoms with Gasteiger partial charge in [0.2, 0.25) is 0 Å². The summed E-state index contributed by atoms with van der Waals surface area (Å²) in [6.45, 7) is 0.973. The van der Waals surface area contributed by atoms with Gasteiger partial charge >= 0.3 is 0 Å². The molecule has 1 aromatic carbocycles. The lowest BCUT2D eigenvalue weighted by molar-refractivity contribution is -0.123. The van der Waals surface area contributed by atoms with Gasteiger partial charge in [-0.1, -0.05) is 17.3 Å². The molecule has 0 aliphatic heterocycles. The van der Waals surface area contributed by atoms with Gasteiger partial charge in [-0.3, -0.25) is 9.48 Å². The fraction of sp³-hybridized carbons (Fsp3) is 0.250. The second-order valence-electron chi connectivity index (χ2n) is 3.84. The molecule has 0 saturated heterocycles. The van der Waals surface area contributed by atoms with E-state index >= 15 is 0 Å². The van der Waals surface area contributed by atoms with E-state index in [4.69, 9.17) is 10.5 Å². The summed E-state index contributed by atoms with van der Waals surface area (Å²) in [7, 11) is 0. The van der Waals surface area contributed by atoms with Crippen molar-refractivity contribution in [3.05, 3.63) is 36.7 Å². The van der Waals surface area contributed by atoms with E-state index in [0.717, 1.165) is 0 Å². The summed E-state index contributed by atoms with van der Waals surface area (Å²) in [5, 5.41) is 10.2. The number of benzene rings is 1. The van der Waals surface area contributed by atoms with Crippen molar-refractivity contribution in [1.29, 1.82) is 0 Å². The van der Waals surface area contributed by atoms with Gasteiger partial charge in [-0.2, -0.15) is 0 Å². The maximum absolute atomic E-state index is 11.5. The number of anilines is 1. The number of aromatic nitrogens is 3. The van der Waals surface area contributed by atoms with Crippen LogP contribution >= 0.6 is 0 Å². The largest absolute Gasteiger partial charge is 0.482 e. The Bertz CT molecular complexity index is 527. The number of rotatable bonds is 6. The summed E-state index contributed by atoms with van der Waals surface area (Å²) in [6, 6.07) is 7.05. The average Bonchev–Trinajstić information content (AvgIpc) is 2.91. The van der Waals surface area contributed by atoms with Gasteiger partial charge in [-0.25, -0.2) is 0 Å². The maximum Gasteiger partial charge on any atom is 0.258 e. The van der Waals surface area contributed by atoms with Gasteiger partial charge in [-0.15, -0.1) is 5.10 Å². The third kappa shape index (κ3) is 3.98. The van der Waals surface area contributed by atoms with Crippen LogP contribution in [-0.2, 0) is 11.3 Å². The topological polar surface area (TPSA) is 95.1 Å². The Morgan fingerprint density at radius 2 is 2.26 bits per heavy atom. The van der Waals surface area contributed by atoms with Crippen LogP contribution in [0.2, 0.25) is 0 Å². The SMILES string of the molecule is Nc1ccccc1OCC(=O)NCCn1ccnn1. The first-order valence-electron chi connectivity index (χ1n) is 5.84. The molecule has 1 heterocycles. The lowest BCUT2D eigenvalue weighted by Crippen LogP contribution is -2.31. The Morgan fingerprint density at radius 3 is 3.00 bits per heavy atom. The van der Waals surface area contributed by atoms with Crippen molar-refractivity contribution in [3.63, 3.8) is 0 Å². The molecule has 0 radical (unpaired) electrons. The van der Waals surface area contributed by atoms with Gasteiger partial charge in [0.15, 0.2) is 6.61 Å². The van der Waals surface area contributed by atoms with Gasteiger partial charge < -0.3 is 15.8 Å². The summed E-state index contributed by atoms with van der Waals surface area (Å²) in [5.41, 5.74) is 6.21. The van der Waals surface area contributed by atoms with Crippen molar-refractivity contribution in [2.75, 3.05) is 18.9 Å². The molecule has 2 aromatic rings. The number of nitrogens with zero attached hydrogens (tertiary/aromatic N) is 3. The normalized spacial score (nSPS) is 10.1. The smallest absolute Gasteiger partial charge is 0.258 e. The number of carbonyl (C=O) groups excluding carboxylic acids is 1. The van der Waals surface area contributed by atoms with E-state index < -0.39 is 0 Å². The number of hydrogen-bond acceptors (Lipinski definition) is 5. The molecule has 0 aliphatic rings. The Hall–Kier alpha value is -2.57. The molecule has 0 fully saturated rings. The van der Waals surface area contributed by atoms with Crippen LogP contribution in [0, 0.1) is 0 Å². The van der Waals surface area contributed by atoms with E-state index in [-0.39, 0.29) is 12.5 Å². The molecule has 0 spiro atoms. The summed E-state index contributed by atoms with van der Waals surface area (Å²) < 4.78 is 6.95. The number of ether oxygens (including phenoxy) is 1. The quantitative estimate of drug-likeness (QED) is 0.717. The molecule has 0 unspecified atom stereocenters. The lowest BCUT2D eigenvalue weighted by Gasteiger charge is -2.09. The highest BCUT2D eigenvalue weighted by atomic mass is 16.5. The number of para-hydroxylation sites is 2. The predicted molar refractivity (Wildman–Crippen MR) is 69.4 cm³/mol. The summed E-state index contributed by atoms with van der Waals surface area (Å²) in [5.74, 6) is 0.303. The number of nitrogens with two attached hydrogens (primary N) is 1. The predicted octanol–water partition coefficient (Wildman–Crippen LogP) is 0.0555. The monoisotopic (exact) mass is 261 g/mol. The van der Waals surface area contributed by atoms with Crippen LogP contribution in [0.3, 0.4) is 0 Å². The van der Waals surface area contributed by atoms with E-state index in [1.807, 2.05) is 0 Å². The van der Waals surface area contributed by atoms with Crippen molar-refractivity contribution in [1.82, 2.24) is 20.3 Å². The highest BCUT2D eigenvalue weighted by molar-refractivity contribution is 5.77. The first-order valence-corrected chi connectivity index (χ1v) is 5.84. The van der Waals surface area contributed by atoms with Crippen LogP contribution in [0.4, 0.5) is 5.69 Å². The molecule has 1 aromatic heterocycles. The molecular formula is C12H15N5O2. The van der Waals surface area contributed by atoms with Crippen LogP contribution in [0.25, 0.3) is 0 Å². The molecule has 1 amide bonds. The van der Waals surface area contributed by atoms with Crippen molar-refractivity contribution in [2.45, 2.75) is 6.54 Å². The number of nitrogens with one attached hydrogen (secondary N) is 1. The van der Waals surface area contributed by atoms with Crippen molar-refractivity contribution >= 4 is 11.6 Å². The molecule has 0 bridgehead atoms. The number of nitrogen functional groups attached to an aromatic ring is 1. The number of amides is 1. The molecule has 0 aliphatic carbocycles. The Kier molecular flexibility index (Phi) is 4.33. The molecule has 100 valence electrons. The zero-order chi connectivity index (χ0) is 13.5. The number of carbonyl (C=O) groups is 1. The van der Waals surface area contributed by atoms with Crippen molar-refractivity contribution < 1.29 is 9.53 Å². The van der Waals surface area contributed by atoms with Crippen LogP contribution < -0.4 is 15.8 Å². The molecular weight excluding hydrogens is 246 g/mol. The standard InChI is InChI=1S/C12H15N5O2/c13-10-3-1-2-4-11(10)19-9-12(18)14-5-7-17-8-6-15-16-17/h1-4,6,8H,5,7,9,13H2,(H,14,18). The average molecular weight is 261 g/mol. The van der Waals surface area contributed by atoms with Gasteiger partial charge in [-0.05, 0) is 12.1 Å². The second-order valence-corrected chi connectivity index (χ2v) is 3.84. The summed E-state index contributed by atoms with van der Waals surface area (Å²) in [4.78, 5) is 11.5. The molecule has 7 nitrogen and oxygen atoms in total. The number of hydrogen-bond donors (Lipinski definition) is 2. The van der Waals surface area contributed by atoms with Gasteiger partial charge in [0.1, 0.15) is 5.75 Å². The molecule has 2 rings (SSSR count). The highest BCUT2D eigenvalue weighted by Crippen LogP contribution is 2.19. The third-order valence-corrected chi connectivity index (χ3v) is 2.41. The van der Waals surface area contributed by atoms with Gasteiger partial charge in [0, 0.05) is 12.7 Å². The first kappa shape index (κ1) is 12.9. The minimum absolute atomic E-state index is 0.0639. The Labute approximate surface area is 110 Å². The first-order chi connectivity index (χ1) is 9.25. The second kappa shape index (κ2) is 6.39. The summed E-state index contributed by atoms with van der Waals surface area (Å²) >= 11 is 0. The van der Waals surface area contributed by atoms with Crippen LogP contribution in [0.15, 0.2) is 36.7 Å². The lowest BCUT2D eigenvalue weighted by atomic mass is 10.3. The fourth-order valence-electron chi connectivity index (χ4n) is 1.47. The summed E-state index contributed by atoms with van der Waals surface area (Å²) in [6.07, 6.45) is 3.32. The van der Waals surface area contributed by atoms with Crippen molar-refractivity contribution in [3.8, 4) is 5.75 Å². The minimum Gasteiger partial charge on any atom is -0.482 e. The minimum atomic E-state index is -0.205. The van der Waals surface area contributed by atoms with Gasteiger partial charge in [0.25, 0.3) is 5.91 Å².